The van der Waals surface area contributed by atoms with Crippen molar-refractivity contribution in [3.05, 3.63) is 51.1 Å². The minimum Gasteiger partial charge on any atom is -0.484 e. The number of thioether (sulfide) groups is 1. The number of para-hydroxylation sites is 1. The van der Waals surface area contributed by atoms with Crippen LogP contribution in [0.1, 0.15) is 46.4 Å². The van der Waals surface area contributed by atoms with Crippen LogP contribution in [0.3, 0.4) is 0 Å². The minimum absolute atomic E-state index is 0.127. The van der Waals surface area contributed by atoms with E-state index >= 15 is 0 Å². The number of amides is 1. The van der Waals surface area contributed by atoms with Crippen molar-refractivity contribution in [1.29, 1.82) is 0 Å². The Labute approximate surface area is 211 Å². The Balaban J connectivity index is 1.38. The molecule has 4 rings (SSSR count). The lowest BCUT2D eigenvalue weighted by atomic mass is 9.95. The smallest absolute Gasteiger partial charge is 0.341 e. The summed E-state index contributed by atoms with van der Waals surface area (Å²) >= 11 is 8.86. The standard InChI is InChI=1S/C23H25ClN4O4S2/c1-3-31-22(30)20-14-8-4-7-11-17(14)34-21(20)25-19(29)13-33-23-27-26-18(28(23)2)12-32-16-10-6-5-9-15(16)24/h5-6,9-10H,3-4,7-8,11-13H2,1-2H3,(H,25,29). The molecule has 1 aromatic carbocycles. The molecule has 0 saturated heterocycles. The Bertz CT molecular complexity index is 1190. The van der Waals surface area contributed by atoms with Crippen molar-refractivity contribution in [3.8, 4) is 5.75 Å². The van der Waals surface area contributed by atoms with Crippen molar-refractivity contribution in [2.75, 3.05) is 17.7 Å². The lowest BCUT2D eigenvalue weighted by Gasteiger charge is -2.12. The first-order valence-electron chi connectivity index (χ1n) is 11.0. The second kappa shape index (κ2) is 11.2. The number of anilines is 1. The van der Waals surface area contributed by atoms with Crippen molar-refractivity contribution in [1.82, 2.24) is 14.8 Å². The van der Waals surface area contributed by atoms with E-state index in [1.807, 2.05) is 19.2 Å². The van der Waals surface area contributed by atoms with Crippen LogP contribution in [0, 0.1) is 0 Å². The zero-order valence-corrected chi connectivity index (χ0v) is 21.3. The van der Waals surface area contributed by atoms with Gasteiger partial charge in [-0.2, -0.15) is 0 Å². The van der Waals surface area contributed by atoms with Crippen molar-refractivity contribution >= 4 is 51.6 Å². The highest BCUT2D eigenvalue weighted by molar-refractivity contribution is 7.99. The Kier molecular flexibility index (Phi) is 8.12. The molecule has 1 aliphatic carbocycles. The van der Waals surface area contributed by atoms with E-state index in [4.69, 9.17) is 21.1 Å². The fourth-order valence-corrected chi connectivity index (χ4v) is 5.88. The van der Waals surface area contributed by atoms with E-state index in [0.717, 1.165) is 36.1 Å². The van der Waals surface area contributed by atoms with E-state index in [1.165, 1.54) is 23.1 Å². The average molecular weight is 521 g/mol. The number of carbonyl (C=O) groups excluding carboxylic acids is 2. The zero-order chi connectivity index (χ0) is 24.1. The molecule has 11 heteroatoms. The van der Waals surface area contributed by atoms with Gasteiger partial charge in [-0.25, -0.2) is 4.79 Å². The summed E-state index contributed by atoms with van der Waals surface area (Å²) in [5, 5.41) is 12.9. The van der Waals surface area contributed by atoms with Gasteiger partial charge < -0.3 is 19.4 Å². The van der Waals surface area contributed by atoms with Gasteiger partial charge in [-0.1, -0.05) is 35.5 Å². The predicted octanol–water partition coefficient (Wildman–Crippen LogP) is 4.90. The summed E-state index contributed by atoms with van der Waals surface area (Å²) in [5.41, 5.74) is 1.53. The molecule has 0 unspecified atom stereocenters. The van der Waals surface area contributed by atoms with Gasteiger partial charge in [-0.15, -0.1) is 21.5 Å². The first-order chi connectivity index (χ1) is 16.5. The number of aryl methyl sites for hydroxylation is 1. The number of thiophene rings is 1. The third-order valence-corrected chi connectivity index (χ3v) is 7.89. The molecule has 0 bridgehead atoms. The van der Waals surface area contributed by atoms with Crippen LogP contribution in [0.25, 0.3) is 0 Å². The van der Waals surface area contributed by atoms with Gasteiger partial charge in [0.15, 0.2) is 11.0 Å². The number of benzene rings is 1. The van der Waals surface area contributed by atoms with E-state index in [9.17, 15) is 9.59 Å². The van der Waals surface area contributed by atoms with Gasteiger partial charge >= 0.3 is 5.97 Å². The second-order valence-electron chi connectivity index (χ2n) is 7.65. The third kappa shape index (κ3) is 5.56. The topological polar surface area (TPSA) is 95.3 Å². The highest BCUT2D eigenvalue weighted by Crippen LogP contribution is 2.38. The molecule has 2 heterocycles. The predicted molar refractivity (Wildman–Crippen MR) is 133 cm³/mol. The van der Waals surface area contributed by atoms with Crippen molar-refractivity contribution in [2.45, 2.75) is 44.4 Å². The summed E-state index contributed by atoms with van der Waals surface area (Å²) in [6, 6.07) is 7.21. The van der Waals surface area contributed by atoms with Gasteiger partial charge in [0.05, 0.1) is 22.9 Å². The number of fused-ring (bicyclic) bond motifs is 1. The monoisotopic (exact) mass is 520 g/mol. The molecule has 0 atom stereocenters. The summed E-state index contributed by atoms with van der Waals surface area (Å²) in [7, 11) is 1.82. The number of nitrogens with zero attached hydrogens (tertiary/aromatic N) is 3. The summed E-state index contributed by atoms with van der Waals surface area (Å²) in [6.45, 7) is 2.27. The van der Waals surface area contributed by atoms with Crippen LogP contribution in [0.5, 0.6) is 5.75 Å². The van der Waals surface area contributed by atoms with Gasteiger partial charge in [0.25, 0.3) is 0 Å². The molecule has 1 N–H and O–H groups in total. The third-order valence-electron chi connectivity index (χ3n) is 5.35. The molecule has 34 heavy (non-hydrogen) atoms. The molecule has 1 aliphatic rings. The van der Waals surface area contributed by atoms with Crippen LogP contribution in [0.2, 0.25) is 5.02 Å². The number of esters is 1. The number of hydrogen-bond donors (Lipinski definition) is 1. The van der Waals surface area contributed by atoms with Crippen molar-refractivity contribution < 1.29 is 19.1 Å². The molecule has 0 aliphatic heterocycles. The maximum absolute atomic E-state index is 12.7. The molecular weight excluding hydrogens is 496 g/mol. The van der Waals surface area contributed by atoms with Crippen molar-refractivity contribution in [2.24, 2.45) is 7.05 Å². The van der Waals surface area contributed by atoms with Gasteiger partial charge in [0.1, 0.15) is 17.4 Å². The highest BCUT2D eigenvalue weighted by Gasteiger charge is 2.27. The van der Waals surface area contributed by atoms with Crippen LogP contribution in [-0.2, 0) is 36.0 Å². The number of nitrogens with one attached hydrogen (secondary N) is 1. The molecule has 0 spiro atoms. The Hall–Kier alpha value is -2.56. The first kappa shape index (κ1) is 24.6. The minimum atomic E-state index is -0.374. The van der Waals surface area contributed by atoms with Gasteiger partial charge in [-0.05, 0) is 50.3 Å². The fourth-order valence-electron chi connectivity index (χ4n) is 3.67. The number of ether oxygens (including phenoxy) is 2. The van der Waals surface area contributed by atoms with Crippen LogP contribution >= 0.6 is 34.7 Å². The van der Waals surface area contributed by atoms with Gasteiger partial charge in [-0.3, -0.25) is 4.79 Å². The number of aromatic nitrogens is 3. The molecule has 2 aromatic heterocycles. The van der Waals surface area contributed by atoms with E-state index in [1.54, 1.807) is 23.6 Å². The van der Waals surface area contributed by atoms with Crippen LogP contribution in [-0.4, -0.2) is 39.0 Å². The maximum atomic E-state index is 12.7. The summed E-state index contributed by atoms with van der Waals surface area (Å²) in [5.74, 6) is 0.713. The van der Waals surface area contributed by atoms with Gasteiger partial charge in [0.2, 0.25) is 5.91 Å². The summed E-state index contributed by atoms with van der Waals surface area (Å²) in [4.78, 5) is 26.5. The second-order valence-corrected chi connectivity index (χ2v) is 10.1. The van der Waals surface area contributed by atoms with Crippen LogP contribution in [0.15, 0.2) is 29.4 Å². The lowest BCUT2D eigenvalue weighted by Crippen LogP contribution is -2.17. The average Bonchev–Trinajstić information content (AvgIpc) is 3.36. The van der Waals surface area contributed by atoms with E-state index in [2.05, 4.69) is 15.5 Å². The first-order valence-corrected chi connectivity index (χ1v) is 13.2. The molecule has 180 valence electrons. The number of hydrogen-bond acceptors (Lipinski definition) is 8. The molecule has 0 fully saturated rings. The fraction of sp³-hybridized carbons (Fsp3) is 0.391. The Morgan fingerprint density at radius 3 is 2.82 bits per heavy atom. The Morgan fingerprint density at radius 2 is 2.03 bits per heavy atom. The van der Waals surface area contributed by atoms with Crippen LogP contribution < -0.4 is 10.1 Å². The quantitative estimate of drug-likeness (QED) is 0.317. The molecular formula is C23H25ClN4O4S2. The largest absolute Gasteiger partial charge is 0.484 e. The van der Waals surface area contributed by atoms with E-state index < -0.39 is 0 Å². The molecule has 1 amide bonds. The molecule has 8 nitrogen and oxygen atoms in total. The van der Waals surface area contributed by atoms with Crippen molar-refractivity contribution in [3.63, 3.8) is 0 Å². The number of halogens is 1. The summed E-state index contributed by atoms with van der Waals surface area (Å²) in [6.07, 6.45) is 3.89. The summed E-state index contributed by atoms with van der Waals surface area (Å²) < 4.78 is 12.8. The Morgan fingerprint density at radius 1 is 1.24 bits per heavy atom. The van der Waals surface area contributed by atoms with E-state index in [-0.39, 0.29) is 24.2 Å². The normalized spacial score (nSPS) is 12.8. The van der Waals surface area contributed by atoms with E-state index in [0.29, 0.717) is 38.9 Å². The molecule has 3 aromatic rings. The maximum Gasteiger partial charge on any atom is 0.341 e. The lowest BCUT2D eigenvalue weighted by molar-refractivity contribution is -0.113. The molecule has 0 saturated carbocycles. The van der Waals surface area contributed by atoms with Crippen LogP contribution in [0.4, 0.5) is 5.00 Å². The zero-order valence-electron chi connectivity index (χ0n) is 18.9. The molecule has 0 radical (unpaired) electrons. The van der Waals surface area contributed by atoms with Gasteiger partial charge in [0, 0.05) is 11.9 Å². The highest BCUT2D eigenvalue weighted by atomic mass is 35.5. The number of rotatable bonds is 9. The number of carbonyl (C=O) groups is 2. The SMILES string of the molecule is CCOC(=O)c1c(NC(=O)CSc2nnc(COc3ccccc3Cl)n2C)sc2c1CCCC2.